The van der Waals surface area contributed by atoms with E-state index in [1.165, 1.54) is 0 Å². The highest BCUT2D eigenvalue weighted by Crippen LogP contribution is 2.36. The number of hydrogen-bond acceptors (Lipinski definition) is 4. The van der Waals surface area contributed by atoms with Gasteiger partial charge in [-0.15, -0.1) is 0 Å². The van der Waals surface area contributed by atoms with E-state index < -0.39 is 0 Å². The molecule has 2 bridgehead atoms. The fraction of sp³-hybridized carbons (Fsp3) is 0.769. The van der Waals surface area contributed by atoms with Crippen LogP contribution in [0.1, 0.15) is 25.7 Å². The lowest BCUT2D eigenvalue weighted by Gasteiger charge is -2.38. The smallest absolute Gasteiger partial charge is 0.410 e. The molecule has 0 saturated carbocycles. The van der Waals surface area contributed by atoms with Crippen LogP contribution in [0.2, 0.25) is 0 Å². The maximum atomic E-state index is 12.0. The molecule has 0 spiro atoms. The second-order valence-corrected chi connectivity index (χ2v) is 5.07. The quantitative estimate of drug-likeness (QED) is 0.713. The van der Waals surface area contributed by atoms with Crippen molar-refractivity contribution in [2.45, 2.75) is 43.8 Å². The van der Waals surface area contributed by atoms with Gasteiger partial charge in [-0.2, -0.15) is 0 Å². The first-order valence-electron chi connectivity index (χ1n) is 6.75. The van der Waals surface area contributed by atoms with Crippen molar-refractivity contribution in [3.05, 3.63) is 12.7 Å². The van der Waals surface area contributed by atoms with Crippen LogP contribution in [0.4, 0.5) is 4.79 Å². The summed E-state index contributed by atoms with van der Waals surface area (Å²) in [5.74, 6) is 0. The Labute approximate surface area is 108 Å². The van der Waals surface area contributed by atoms with E-state index in [9.17, 15) is 4.79 Å². The summed E-state index contributed by atoms with van der Waals surface area (Å²) in [5, 5.41) is 3.45. The van der Waals surface area contributed by atoms with Crippen LogP contribution in [-0.2, 0) is 4.74 Å². The monoisotopic (exact) mass is 253 g/mol. The van der Waals surface area contributed by atoms with Gasteiger partial charge in [-0.3, -0.25) is 0 Å². The first kappa shape index (κ1) is 13.4. The minimum Gasteiger partial charge on any atom is -0.445 e. The summed E-state index contributed by atoms with van der Waals surface area (Å²) in [6.07, 6.45) is 5.64. The number of amides is 1. The van der Waals surface area contributed by atoms with Gasteiger partial charge in [0.25, 0.3) is 0 Å². The zero-order valence-corrected chi connectivity index (χ0v) is 10.8. The lowest BCUT2D eigenvalue weighted by Crippen LogP contribution is -2.52. The van der Waals surface area contributed by atoms with Crippen LogP contribution in [-0.4, -0.2) is 48.8 Å². The largest absolute Gasteiger partial charge is 0.445 e. The Morgan fingerprint density at radius 3 is 2.67 bits per heavy atom. The van der Waals surface area contributed by atoms with E-state index in [0.29, 0.717) is 31.3 Å². The van der Waals surface area contributed by atoms with Crippen molar-refractivity contribution in [2.75, 3.05) is 19.7 Å². The Hall–Kier alpha value is -1.07. The van der Waals surface area contributed by atoms with Crippen LogP contribution in [0.3, 0.4) is 0 Å². The standard InChI is InChI=1S/C13H23N3O2/c1-2-7-18-13(17)16-11-3-4-12(16)9-10(8-11)15-6-5-14/h2,10-12,15H,1,3-9,14H2. The molecule has 2 aliphatic heterocycles. The minimum absolute atomic E-state index is 0.181. The Balaban J connectivity index is 1.89. The summed E-state index contributed by atoms with van der Waals surface area (Å²) in [5.41, 5.74) is 5.50. The highest BCUT2D eigenvalue weighted by atomic mass is 16.6. The number of carbonyl (C=O) groups excluding carboxylic acids is 1. The van der Waals surface area contributed by atoms with Crippen molar-refractivity contribution in [3.63, 3.8) is 0 Å². The second kappa shape index (κ2) is 6.20. The van der Waals surface area contributed by atoms with Crippen molar-refractivity contribution in [3.8, 4) is 0 Å². The van der Waals surface area contributed by atoms with E-state index in [1.807, 2.05) is 4.90 Å². The van der Waals surface area contributed by atoms with Crippen molar-refractivity contribution in [1.29, 1.82) is 0 Å². The van der Waals surface area contributed by atoms with Crippen LogP contribution in [0.25, 0.3) is 0 Å². The Morgan fingerprint density at radius 2 is 2.11 bits per heavy atom. The number of piperidine rings is 1. The van der Waals surface area contributed by atoms with Crippen LogP contribution >= 0.6 is 0 Å². The first-order chi connectivity index (χ1) is 8.76. The fourth-order valence-electron chi connectivity index (χ4n) is 3.13. The molecule has 2 fully saturated rings. The van der Waals surface area contributed by atoms with Gasteiger partial charge in [-0.25, -0.2) is 4.79 Å². The molecule has 2 atom stereocenters. The first-order valence-corrected chi connectivity index (χ1v) is 6.75. The molecular weight excluding hydrogens is 230 g/mol. The number of hydrogen-bond donors (Lipinski definition) is 2. The average Bonchev–Trinajstić information content (AvgIpc) is 2.65. The third kappa shape index (κ3) is 2.84. The molecule has 2 heterocycles. The number of fused-ring (bicyclic) bond motifs is 2. The number of nitrogens with zero attached hydrogens (tertiary/aromatic N) is 1. The molecule has 5 heteroatoms. The number of rotatable bonds is 5. The van der Waals surface area contributed by atoms with E-state index in [0.717, 1.165) is 32.2 Å². The van der Waals surface area contributed by atoms with Gasteiger partial charge in [-0.05, 0) is 25.7 Å². The Morgan fingerprint density at radius 1 is 1.44 bits per heavy atom. The van der Waals surface area contributed by atoms with Crippen LogP contribution in [0.5, 0.6) is 0 Å². The van der Waals surface area contributed by atoms with E-state index in [4.69, 9.17) is 10.5 Å². The van der Waals surface area contributed by atoms with E-state index >= 15 is 0 Å². The fourth-order valence-corrected chi connectivity index (χ4v) is 3.13. The topological polar surface area (TPSA) is 67.6 Å². The summed E-state index contributed by atoms with van der Waals surface area (Å²) in [4.78, 5) is 13.9. The lowest BCUT2D eigenvalue weighted by atomic mass is 9.98. The van der Waals surface area contributed by atoms with Gasteiger partial charge in [0.2, 0.25) is 0 Å². The predicted molar refractivity (Wildman–Crippen MR) is 70.3 cm³/mol. The number of ether oxygens (including phenoxy) is 1. The lowest BCUT2D eigenvalue weighted by molar-refractivity contribution is 0.0697. The van der Waals surface area contributed by atoms with Crippen molar-refractivity contribution < 1.29 is 9.53 Å². The molecule has 0 radical (unpaired) electrons. The molecule has 102 valence electrons. The molecule has 5 nitrogen and oxygen atoms in total. The van der Waals surface area contributed by atoms with Gasteiger partial charge in [-0.1, -0.05) is 12.7 Å². The predicted octanol–water partition coefficient (Wildman–Crippen LogP) is 0.853. The molecule has 0 aromatic heterocycles. The van der Waals surface area contributed by atoms with E-state index in [1.54, 1.807) is 6.08 Å². The molecule has 18 heavy (non-hydrogen) atoms. The second-order valence-electron chi connectivity index (χ2n) is 5.07. The summed E-state index contributed by atoms with van der Waals surface area (Å²) >= 11 is 0. The Bertz CT molecular complexity index is 295. The zero-order chi connectivity index (χ0) is 13.0. The third-order valence-corrected chi connectivity index (χ3v) is 3.85. The van der Waals surface area contributed by atoms with Crippen LogP contribution < -0.4 is 11.1 Å². The normalized spacial score (nSPS) is 30.3. The van der Waals surface area contributed by atoms with E-state index in [-0.39, 0.29) is 6.09 Å². The molecule has 2 aliphatic rings. The number of nitrogens with two attached hydrogens (primary N) is 1. The Kier molecular flexibility index (Phi) is 4.60. The maximum absolute atomic E-state index is 12.0. The van der Waals surface area contributed by atoms with Gasteiger partial charge in [0, 0.05) is 31.2 Å². The summed E-state index contributed by atoms with van der Waals surface area (Å²) in [7, 11) is 0. The zero-order valence-electron chi connectivity index (χ0n) is 10.8. The van der Waals surface area contributed by atoms with Gasteiger partial charge in [0.05, 0.1) is 0 Å². The molecule has 0 aliphatic carbocycles. The van der Waals surface area contributed by atoms with Crippen LogP contribution in [0, 0.1) is 0 Å². The molecule has 3 N–H and O–H groups in total. The molecule has 0 aromatic carbocycles. The molecule has 2 unspecified atom stereocenters. The molecular formula is C13H23N3O2. The SMILES string of the molecule is C=CCOC(=O)N1C2CCC1CC(NCCN)C2. The third-order valence-electron chi connectivity index (χ3n) is 3.85. The van der Waals surface area contributed by atoms with Gasteiger partial charge < -0.3 is 20.7 Å². The molecule has 2 saturated heterocycles. The van der Waals surface area contributed by atoms with Crippen molar-refractivity contribution >= 4 is 6.09 Å². The van der Waals surface area contributed by atoms with Gasteiger partial charge in [0.1, 0.15) is 6.61 Å². The minimum atomic E-state index is -0.181. The number of carbonyl (C=O) groups is 1. The van der Waals surface area contributed by atoms with Gasteiger partial charge >= 0.3 is 6.09 Å². The summed E-state index contributed by atoms with van der Waals surface area (Å²) in [6.45, 7) is 5.37. The molecule has 1 amide bonds. The van der Waals surface area contributed by atoms with Gasteiger partial charge in [0.15, 0.2) is 0 Å². The van der Waals surface area contributed by atoms with Crippen LogP contribution in [0.15, 0.2) is 12.7 Å². The summed E-state index contributed by atoms with van der Waals surface area (Å²) in [6, 6.07) is 1.15. The van der Waals surface area contributed by atoms with Crippen molar-refractivity contribution in [1.82, 2.24) is 10.2 Å². The summed E-state index contributed by atoms with van der Waals surface area (Å²) < 4.78 is 5.16. The molecule has 2 rings (SSSR count). The van der Waals surface area contributed by atoms with E-state index in [2.05, 4.69) is 11.9 Å². The molecule has 0 aromatic rings. The maximum Gasteiger partial charge on any atom is 0.410 e. The highest BCUT2D eigenvalue weighted by Gasteiger charge is 2.43. The van der Waals surface area contributed by atoms with Crippen molar-refractivity contribution in [2.24, 2.45) is 5.73 Å². The highest BCUT2D eigenvalue weighted by molar-refractivity contribution is 5.69. The average molecular weight is 253 g/mol. The number of nitrogens with one attached hydrogen (secondary N) is 1.